The first kappa shape index (κ1) is 15.7. The predicted octanol–water partition coefficient (Wildman–Crippen LogP) is 2.53. The molecule has 0 saturated heterocycles. The maximum atomic E-state index is 12.0. The van der Waals surface area contributed by atoms with Crippen LogP contribution in [-0.4, -0.2) is 23.2 Å². The first-order valence-corrected chi connectivity index (χ1v) is 7.10. The molecule has 0 aliphatic heterocycles. The molecule has 19 heavy (non-hydrogen) atoms. The molecule has 0 spiro atoms. The van der Waals surface area contributed by atoms with E-state index in [-0.39, 0.29) is 17.9 Å². The highest BCUT2D eigenvalue weighted by Gasteiger charge is 2.20. The smallest absolute Gasteiger partial charge is 0.223 e. The Hall–Kier alpha value is -1.35. The van der Waals surface area contributed by atoms with Gasteiger partial charge in [-0.15, -0.1) is 0 Å². The van der Waals surface area contributed by atoms with Gasteiger partial charge in [0.25, 0.3) is 0 Å². The molecule has 2 atom stereocenters. The number of amides is 1. The number of carbonyl (C=O) groups is 1. The first-order chi connectivity index (χ1) is 9.08. The molecular weight excluding hydrogens is 238 g/mol. The van der Waals surface area contributed by atoms with Crippen molar-refractivity contribution in [2.75, 3.05) is 0 Å². The first-order valence-electron chi connectivity index (χ1n) is 7.10. The number of aliphatic hydroxyl groups excluding tert-OH is 1. The molecule has 1 aromatic carbocycles. The third kappa shape index (κ3) is 5.03. The van der Waals surface area contributed by atoms with Crippen LogP contribution in [0.3, 0.4) is 0 Å². The van der Waals surface area contributed by atoms with E-state index in [1.165, 1.54) is 0 Å². The molecule has 3 heteroatoms. The van der Waals surface area contributed by atoms with E-state index >= 15 is 0 Å². The van der Waals surface area contributed by atoms with E-state index in [0.717, 1.165) is 18.4 Å². The van der Waals surface area contributed by atoms with Gasteiger partial charge in [0.2, 0.25) is 5.91 Å². The third-order valence-corrected chi connectivity index (χ3v) is 3.59. The molecule has 1 rings (SSSR count). The molecule has 106 valence electrons. The Bertz CT molecular complexity index is 374. The largest absolute Gasteiger partial charge is 0.391 e. The Labute approximate surface area is 116 Å². The number of nitrogens with one attached hydrogen (secondary N) is 1. The van der Waals surface area contributed by atoms with Crippen molar-refractivity contribution in [3.8, 4) is 0 Å². The standard InChI is InChI=1S/C16H25NO2/c1-4-14(5-2)16(19)17-12(3)15(18)11-13-9-7-6-8-10-13/h6-10,12,14-15,18H,4-5,11H2,1-3H3,(H,17,19)/t12-,15+/m0/s1. The quantitative estimate of drug-likeness (QED) is 0.794. The molecule has 1 aromatic rings. The minimum absolute atomic E-state index is 0.0459. The van der Waals surface area contributed by atoms with Gasteiger partial charge in [-0.25, -0.2) is 0 Å². The van der Waals surface area contributed by atoms with Crippen LogP contribution in [0.15, 0.2) is 30.3 Å². The summed E-state index contributed by atoms with van der Waals surface area (Å²) in [6.07, 6.45) is 1.68. The summed E-state index contributed by atoms with van der Waals surface area (Å²) in [5.41, 5.74) is 1.08. The number of carbonyl (C=O) groups excluding carboxylic acids is 1. The zero-order valence-electron chi connectivity index (χ0n) is 12.1. The molecule has 0 unspecified atom stereocenters. The second-order valence-electron chi connectivity index (χ2n) is 5.07. The zero-order valence-corrected chi connectivity index (χ0v) is 12.1. The topological polar surface area (TPSA) is 49.3 Å². The van der Waals surface area contributed by atoms with Crippen molar-refractivity contribution < 1.29 is 9.90 Å². The van der Waals surface area contributed by atoms with E-state index in [0.29, 0.717) is 6.42 Å². The van der Waals surface area contributed by atoms with Gasteiger partial charge in [-0.2, -0.15) is 0 Å². The van der Waals surface area contributed by atoms with Crippen LogP contribution in [0.2, 0.25) is 0 Å². The van der Waals surface area contributed by atoms with Gasteiger partial charge in [0.1, 0.15) is 0 Å². The number of hydrogen-bond donors (Lipinski definition) is 2. The average Bonchev–Trinajstić information content (AvgIpc) is 2.41. The fourth-order valence-corrected chi connectivity index (χ4v) is 2.13. The molecule has 0 fully saturated rings. The Morgan fingerprint density at radius 2 is 1.79 bits per heavy atom. The fourth-order valence-electron chi connectivity index (χ4n) is 2.13. The molecule has 3 nitrogen and oxygen atoms in total. The minimum atomic E-state index is -0.555. The maximum absolute atomic E-state index is 12.0. The van der Waals surface area contributed by atoms with Crippen molar-refractivity contribution >= 4 is 5.91 Å². The molecule has 0 radical (unpaired) electrons. The van der Waals surface area contributed by atoms with Gasteiger partial charge >= 0.3 is 0 Å². The van der Waals surface area contributed by atoms with Gasteiger partial charge in [-0.05, 0) is 25.3 Å². The fraction of sp³-hybridized carbons (Fsp3) is 0.562. The molecular formula is C16H25NO2. The van der Waals surface area contributed by atoms with Crippen LogP contribution in [0.4, 0.5) is 0 Å². The Morgan fingerprint density at radius 3 is 2.32 bits per heavy atom. The lowest BCUT2D eigenvalue weighted by Gasteiger charge is -2.22. The molecule has 0 heterocycles. The number of benzene rings is 1. The van der Waals surface area contributed by atoms with Gasteiger partial charge in [0.05, 0.1) is 12.1 Å². The highest BCUT2D eigenvalue weighted by molar-refractivity contribution is 5.78. The summed E-state index contributed by atoms with van der Waals surface area (Å²) >= 11 is 0. The van der Waals surface area contributed by atoms with Gasteiger partial charge < -0.3 is 10.4 Å². The molecule has 2 N–H and O–H groups in total. The van der Waals surface area contributed by atoms with Crippen LogP contribution >= 0.6 is 0 Å². The van der Waals surface area contributed by atoms with Crippen molar-refractivity contribution in [1.82, 2.24) is 5.32 Å². The third-order valence-electron chi connectivity index (χ3n) is 3.59. The number of rotatable bonds is 7. The van der Waals surface area contributed by atoms with Crippen LogP contribution < -0.4 is 5.32 Å². The van der Waals surface area contributed by atoms with E-state index in [9.17, 15) is 9.90 Å². The van der Waals surface area contributed by atoms with Crippen molar-refractivity contribution in [2.45, 2.75) is 52.2 Å². The molecule has 0 saturated carbocycles. The number of aliphatic hydroxyl groups is 1. The van der Waals surface area contributed by atoms with Crippen LogP contribution in [0.5, 0.6) is 0 Å². The normalized spacial score (nSPS) is 14.2. The summed E-state index contributed by atoms with van der Waals surface area (Å²) in [6.45, 7) is 5.88. The Kier molecular flexibility index (Phi) is 6.57. The second-order valence-corrected chi connectivity index (χ2v) is 5.07. The molecule has 0 aromatic heterocycles. The van der Waals surface area contributed by atoms with Crippen molar-refractivity contribution in [2.24, 2.45) is 5.92 Å². The summed E-state index contributed by atoms with van der Waals surface area (Å²) < 4.78 is 0. The van der Waals surface area contributed by atoms with E-state index < -0.39 is 6.10 Å². The summed E-state index contributed by atoms with van der Waals surface area (Å²) in [7, 11) is 0. The molecule has 0 aliphatic carbocycles. The number of hydrogen-bond acceptors (Lipinski definition) is 2. The van der Waals surface area contributed by atoms with Crippen LogP contribution in [0.1, 0.15) is 39.2 Å². The van der Waals surface area contributed by atoms with Gasteiger partial charge in [-0.3, -0.25) is 4.79 Å². The maximum Gasteiger partial charge on any atom is 0.223 e. The lowest BCUT2D eigenvalue weighted by Crippen LogP contribution is -2.44. The molecule has 0 aliphatic rings. The van der Waals surface area contributed by atoms with E-state index in [2.05, 4.69) is 5.32 Å². The van der Waals surface area contributed by atoms with Crippen LogP contribution in [0, 0.1) is 5.92 Å². The Balaban J connectivity index is 2.48. The van der Waals surface area contributed by atoms with Crippen LogP contribution in [0.25, 0.3) is 0 Å². The summed E-state index contributed by atoms with van der Waals surface area (Å²) in [5, 5.41) is 13.0. The predicted molar refractivity (Wildman–Crippen MR) is 77.8 cm³/mol. The van der Waals surface area contributed by atoms with E-state index in [1.54, 1.807) is 0 Å². The van der Waals surface area contributed by atoms with Gasteiger partial charge in [0.15, 0.2) is 0 Å². The average molecular weight is 263 g/mol. The lowest BCUT2D eigenvalue weighted by molar-refractivity contribution is -0.126. The lowest BCUT2D eigenvalue weighted by atomic mass is 10.00. The highest BCUT2D eigenvalue weighted by Crippen LogP contribution is 2.10. The van der Waals surface area contributed by atoms with Crippen LogP contribution in [-0.2, 0) is 11.2 Å². The Morgan fingerprint density at radius 1 is 1.21 bits per heavy atom. The minimum Gasteiger partial charge on any atom is -0.391 e. The van der Waals surface area contributed by atoms with E-state index in [4.69, 9.17) is 0 Å². The monoisotopic (exact) mass is 263 g/mol. The summed E-state index contributed by atoms with van der Waals surface area (Å²) in [5.74, 6) is 0.0935. The van der Waals surface area contributed by atoms with Crippen molar-refractivity contribution in [3.05, 3.63) is 35.9 Å². The highest BCUT2D eigenvalue weighted by atomic mass is 16.3. The summed E-state index contributed by atoms with van der Waals surface area (Å²) in [6, 6.07) is 9.60. The SMILES string of the molecule is CCC(CC)C(=O)N[C@@H](C)[C@H](O)Cc1ccccc1. The van der Waals surface area contributed by atoms with Crippen molar-refractivity contribution in [3.63, 3.8) is 0 Å². The summed E-state index contributed by atoms with van der Waals surface area (Å²) in [4.78, 5) is 12.0. The zero-order chi connectivity index (χ0) is 14.3. The second kappa shape index (κ2) is 7.95. The van der Waals surface area contributed by atoms with Gasteiger partial charge in [0, 0.05) is 12.3 Å². The van der Waals surface area contributed by atoms with Crippen molar-refractivity contribution in [1.29, 1.82) is 0 Å². The van der Waals surface area contributed by atoms with E-state index in [1.807, 2.05) is 51.1 Å². The van der Waals surface area contributed by atoms with Gasteiger partial charge in [-0.1, -0.05) is 44.2 Å². The molecule has 0 bridgehead atoms. The molecule has 1 amide bonds.